The van der Waals surface area contributed by atoms with E-state index in [0.717, 1.165) is 22.9 Å². The van der Waals surface area contributed by atoms with E-state index in [4.69, 9.17) is 16.3 Å². The van der Waals surface area contributed by atoms with Crippen LogP contribution in [-0.2, 0) is 11.3 Å². The van der Waals surface area contributed by atoms with Crippen molar-refractivity contribution < 1.29 is 13.9 Å². The largest absolute Gasteiger partial charge is 0.482 e. The van der Waals surface area contributed by atoms with Gasteiger partial charge < -0.3 is 14.6 Å². The molecule has 0 saturated heterocycles. The lowest BCUT2D eigenvalue weighted by atomic mass is 10.3. The van der Waals surface area contributed by atoms with E-state index in [-0.39, 0.29) is 23.3 Å². The number of imidazole rings is 1. The van der Waals surface area contributed by atoms with Gasteiger partial charge in [-0.3, -0.25) is 4.79 Å². The summed E-state index contributed by atoms with van der Waals surface area (Å²) < 4.78 is 20.3. The lowest BCUT2D eigenvalue weighted by molar-refractivity contribution is -0.123. The van der Waals surface area contributed by atoms with E-state index in [2.05, 4.69) is 10.3 Å². The second-order valence-corrected chi connectivity index (χ2v) is 5.92. The van der Waals surface area contributed by atoms with Crippen LogP contribution in [0.1, 0.15) is 5.82 Å². The second-order valence-electron chi connectivity index (χ2n) is 5.51. The third-order valence-corrected chi connectivity index (χ3v) is 4.05. The Morgan fingerprint density at radius 2 is 2.12 bits per heavy atom. The average Bonchev–Trinajstić information content (AvgIpc) is 2.90. The van der Waals surface area contributed by atoms with Gasteiger partial charge in [0, 0.05) is 13.1 Å². The fraction of sp³-hybridized carbons (Fsp3) is 0.222. The van der Waals surface area contributed by atoms with Crippen LogP contribution < -0.4 is 10.1 Å². The second kappa shape index (κ2) is 7.53. The molecule has 7 heteroatoms. The fourth-order valence-corrected chi connectivity index (χ4v) is 2.79. The highest BCUT2D eigenvalue weighted by atomic mass is 35.5. The van der Waals surface area contributed by atoms with Gasteiger partial charge in [0.15, 0.2) is 6.61 Å². The zero-order valence-corrected chi connectivity index (χ0v) is 14.4. The number of nitrogens with one attached hydrogen (secondary N) is 1. The molecular weight excluding hydrogens is 345 g/mol. The van der Waals surface area contributed by atoms with Crippen LogP contribution >= 0.6 is 11.6 Å². The third kappa shape index (κ3) is 4.09. The molecule has 0 bridgehead atoms. The number of benzene rings is 2. The highest BCUT2D eigenvalue weighted by Gasteiger charge is 2.09. The molecule has 1 N–H and O–H groups in total. The van der Waals surface area contributed by atoms with Crippen LogP contribution in [0.3, 0.4) is 0 Å². The van der Waals surface area contributed by atoms with Gasteiger partial charge in [0.1, 0.15) is 17.4 Å². The molecule has 0 spiro atoms. The first-order valence-corrected chi connectivity index (χ1v) is 8.19. The summed E-state index contributed by atoms with van der Waals surface area (Å²) in [6.07, 6.45) is 0. The zero-order valence-electron chi connectivity index (χ0n) is 13.6. The summed E-state index contributed by atoms with van der Waals surface area (Å²) >= 11 is 5.85. The van der Waals surface area contributed by atoms with Crippen LogP contribution in [0.5, 0.6) is 5.75 Å². The van der Waals surface area contributed by atoms with Crippen LogP contribution in [0.25, 0.3) is 11.0 Å². The maximum atomic E-state index is 13.0. The number of aromatic nitrogens is 2. The normalized spacial score (nSPS) is 10.8. The van der Waals surface area contributed by atoms with Crippen LogP contribution in [0, 0.1) is 12.7 Å². The number of nitrogens with zero attached hydrogens (tertiary/aromatic N) is 2. The third-order valence-electron chi connectivity index (χ3n) is 3.76. The molecule has 3 rings (SSSR count). The van der Waals surface area contributed by atoms with Crippen molar-refractivity contribution in [1.29, 1.82) is 0 Å². The number of hydrogen-bond donors (Lipinski definition) is 1. The fourth-order valence-electron chi connectivity index (χ4n) is 2.57. The molecule has 25 heavy (non-hydrogen) atoms. The van der Waals surface area contributed by atoms with Crippen LogP contribution in [0.2, 0.25) is 5.02 Å². The van der Waals surface area contributed by atoms with E-state index in [1.807, 2.05) is 35.8 Å². The van der Waals surface area contributed by atoms with Crippen molar-refractivity contribution in [1.82, 2.24) is 14.9 Å². The van der Waals surface area contributed by atoms with Gasteiger partial charge in [-0.25, -0.2) is 9.37 Å². The molecule has 1 aromatic heterocycles. The van der Waals surface area contributed by atoms with Gasteiger partial charge in [0.2, 0.25) is 0 Å². The minimum Gasteiger partial charge on any atom is -0.482 e. The summed E-state index contributed by atoms with van der Waals surface area (Å²) in [7, 11) is 0. The average molecular weight is 362 g/mol. The molecule has 2 aromatic carbocycles. The number of carbonyl (C=O) groups excluding carboxylic acids is 1. The molecule has 0 saturated carbocycles. The molecule has 0 aliphatic heterocycles. The summed E-state index contributed by atoms with van der Waals surface area (Å²) in [4.78, 5) is 16.4. The van der Waals surface area contributed by atoms with Crippen molar-refractivity contribution >= 4 is 28.5 Å². The first kappa shape index (κ1) is 17.2. The summed E-state index contributed by atoms with van der Waals surface area (Å²) in [5.74, 6) is 0.437. The van der Waals surface area contributed by atoms with E-state index >= 15 is 0 Å². The van der Waals surface area contributed by atoms with Gasteiger partial charge in [-0.1, -0.05) is 23.7 Å². The van der Waals surface area contributed by atoms with Gasteiger partial charge in [-0.05, 0) is 37.3 Å². The van der Waals surface area contributed by atoms with E-state index in [9.17, 15) is 9.18 Å². The molecule has 0 radical (unpaired) electrons. The standard InChI is InChI=1S/C18H17ClFN3O2/c1-12-22-15-4-2-3-5-16(15)23(12)9-8-21-18(24)11-25-17-7-6-13(20)10-14(17)19/h2-7,10H,8-9,11H2,1H3,(H,21,24). The molecule has 130 valence electrons. The van der Waals surface area contributed by atoms with Gasteiger partial charge in [-0.2, -0.15) is 0 Å². The first-order chi connectivity index (χ1) is 12.0. The Hall–Kier alpha value is -2.60. The molecule has 0 fully saturated rings. The number of halogens is 2. The molecule has 5 nitrogen and oxygen atoms in total. The maximum absolute atomic E-state index is 13.0. The Bertz CT molecular complexity index is 910. The van der Waals surface area contributed by atoms with Crippen LogP contribution in [0.15, 0.2) is 42.5 Å². The number of hydrogen-bond acceptors (Lipinski definition) is 3. The summed E-state index contributed by atoms with van der Waals surface area (Å²) in [6, 6.07) is 11.6. The van der Waals surface area contributed by atoms with Crippen molar-refractivity contribution in [2.24, 2.45) is 0 Å². The van der Waals surface area contributed by atoms with Gasteiger partial charge in [-0.15, -0.1) is 0 Å². The Kier molecular flexibility index (Phi) is 5.19. The van der Waals surface area contributed by atoms with E-state index < -0.39 is 5.82 Å². The van der Waals surface area contributed by atoms with Gasteiger partial charge in [0.05, 0.1) is 16.1 Å². The molecule has 0 unspecified atom stereocenters. The highest BCUT2D eigenvalue weighted by Crippen LogP contribution is 2.24. The molecule has 0 atom stereocenters. The summed E-state index contributed by atoms with van der Waals surface area (Å²) in [5.41, 5.74) is 1.96. The number of rotatable bonds is 6. The molecule has 0 aliphatic carbocycles. The predicted octanol–water partition coefficient (Wildman–Crippen LogP) is 3.33. The van der Waals surface area contributed by atoms with Crippen molar-refractivity contribution in [2.45, 2.75) is 13.5 Å². The number of amides is 1. The highest BCUT2D eigenvalue weighted by molar-refractivity contribution is 6.32. The van der Waals surface area contributed by atoms with Crippen molar-refractivity contribution in [3.63, 3.8) is 0 Å². The predicted molar refractivity (Wildman–Crippen MR) is 94.4 cm³/mol. The van der Waals surface area contributed by atoms with Crippen molar-refractivity contribution in [3.05, 3.63) is 59.1 Å². The summed E-state index contributed by atoms with van der Waals surface area (Å²) in [5, 5.41) is 2.92. The van der Waals surface area contributed by atoms with Crippen LogP contribution in [-0.4, -0.2) is 28.6 Å². The topological polar surface area (TPSA) is 56.2 Å². The van der Waals surface area contributed by atoms with E-state index in [0.29, 0.717) is 13.1 Å². The SMILES string of the molecule is Cc1nc2ccccc2n1CCNC(=O)COc1ccc(F)cc1Cl. The first-order valence-electron chi connectivity index (χ1n) is 7.81. The minimum absolute atomic E-state index is 0.133. The molecule has 3 aromatic rings. The monoisotopic (exact) mass is 361 g/mol. The zero-order chi connectivity index (χ0) is 17.8. The number of para-hydroxylation sites is 2. The maximum Gasteiger partial charge on any atom is 0.258 e. The minimum atomic E-state index is -0.454. The molecular formula is C18H17ClFN3O2. The number of ether oxygens (including phenoxy) is 1. The molecule has 0 aliphatic rings. The lowest BCUT2D eigenvalue weighted by Gasteiger charge is -2.10. The number of aryl methyl sites for hydroxylation is 1. The van der Waals surface area contributed by atoms with E-state index in [1.54, 1.807) is 0 Å². The quantitative estimate of drug-likeness (QED) is 0.732. The van der Waals surface area contributed by atoms with E-state index in [1.165, 1.54) is 12.1 Å². The van der Waals surface area contributed by atoms with Gasteiger partial charge >= 0.3 is 0 Å². The Balaban J connectivity index is 1.51. The van der Waals surface area contributed by atoms with Crippen molar-refractivity contribution in [2.75, 3.05) is 13.2 Å². The van der Waals surface area contributed by atoms with Gasteiger partial charge in [0.25, 0.3) is 5.91 Å². The number of fused-ring (bicyclic) bond motifs is 1. The molecule has 1 heterocycles. The molecule has 1 amide bonds. The van der Waals surface area contributed by atoms with Crippen molar-refractivity contribution in [3.8, 4) is 5.75 Å². The summed E-state index contributed by atoms with van der Waals surface area (Å²) in [6.45, 7) is 2.80. The Morgan fingerprint density at radius 3 is 2.92 bits per heavy atom. The smallest absolute Gasteiger partial charge is 0.258 e. The Morgan fingerprint density at radius 1 is 1.32 bits per heavy atom. The number of carbonyl (C=O) groups is 1. The lowest BCUT2D eigenvalue weighted by Crippen LogP contribution is -2.31. The Labute approximate surface area is 149 Å². The van der Waals surface area contributed by atoms with Crippen LogP contribution in [0.4, 0.5) is 4.39 Å².